The predicted octanol–water partition coefficient (Wildman–Crippen LogP) is 4.91. The van der Waals surface area contributed by atoms with Crippen LogP contribution in [0.2, 0.25) is 0 Å². The lowest BCUT2D eigenvalue weighted by molar-refractivity contribution is -0.385. The molecule has 29 heavy (non-hydrogen) atoms. The number of allylic oxidation sites excluding steroid dienone is 1. The van der Waals surface area contributed by atoms with Crippen molar-refractivity contribution in [1.82, 2.24) is 4.90 Å². The summed E-state index contributed by atoms with van der Waals surface area (Å²) < 4.78 is 10.6. The summed E-state index contributed by atoms with van der Waals surface area (Å²) in [4.78, 5) is 13.0. The Labute approximate surface area is 170 Å². The van der Waals surface area contributed by atoms with Gasteiger partial charge in [-0.05, 0) is 34.2 Å². The third-order valence-electron chi connectivity index (χ3n) is 4.74. The summed E-state index contributed by atoms with van der Waals surface area (Å²) in [6.45, 7) is 0. The second kappa shape index (κ2) is 8.65. The Balaban J connectivity index is 2.10. The van der Waals surface area contributed by atoms with Crippen LogP contribution in [0, 0.1) is 10.1 Å². The maximum Gasteiger partial charge on any atom is 0.311 e. The fraction of sp³-hybridized carbons (Fsp3) is 0.217. The molecule has 0 unspecified atom stereocenters. The summed E-state index contributed by atoms with van der Waals surface area (Å²) in [6, 6.07) is 17.2. The third-order valence-corrected chi connectivity index (χ3v) is 4.74. The van der Waals surface area contributed by atoms with E-state index in [0.29, 0.717) is 6.42 Å². The highest BCUT2D eigenvalue weighted by Gasteiger charge is 2.18. The molecule has 6 heteroatoms. The van der Waals surface area contributed by atoms with Gasteiger partial charge in [0.15, 0.2) is 5.75 Å². The van der Waals surface area contributed by atoms with Crippen molar-refractivity contribution in [1.29, 1.82) is 0 Å². The largest absolute Gasteiger partial charge is 0.496 e. The molecule has 0 fully saturated rings. The number of benzene rings is 3. The summed E-state index contributed by atoms with van der Waals surface area (Å²) in [7, 11) is 6.96. The Kier molecular flexibility index (Phi) is 6.02. The van der Waals surface area contributed by atoms with Crippen LogP contribution in [0.1, 0.15) is 11.1 Å². The summed E-state index contributed by atoms with van der Waals surface area (Å²) >= 11 is 0. The van der Waals surface area contributed by atoms with Gasteiger partial charge in [0.25, 0.3) is 0 Å². The number of methoxy groups -OCH3 is 2. The van der Waals surface area contributed by atoms with Gasteiger partial charge in [-0.15, -0.1) is 0 Å². The van der Waals surface area contributed by atoms with E-state index in [1.807, 2.05) is 61.6 Å². The van der Waals surface area contributed by atoms with E-state index < -0.39 is 4.92 Å². The molecule has 0 aliphatic heterocycles. The summed E-state index contributed by atoms with van der Waals surface area (Å²) in [5.74, 6) is 1.07. The SMILES string of the molecule is COc1ccc(/C(=C/N(C)C)Cc2ccc(OC)c3ccccc23)cc1[N+](=O)[O-]. The molecule has 150 valence electrons. The second-order valence-corrected chi connectivity index (χ2v) is 6.91. The maximum absolute atomic E-state index is 11.5. The van der Waals surface area contributed by atoms with E-state index in [1.165, 1.54) is 7.11 Å². The molecule has 0 radical (unpaired) electrons. The first kappa shape index (κ1) is 20.2. The lowest BCUT2D eigenvalue weighted by atomic mass is 9.94. The van der Waals surface area contributed by atoms with Gasteiger partial charge in [0.05, 0.1) is 19.1 Å². The molecule has 0 saturated carbocycles. The molecule has 3 aromatic carbocycles. The molecule has 3 aromatic rings. The maximum atomic E-state index is 11.5. The quantitative estimate of drug-likeness (QED) is 0.422. The number of hydrogen-bond donors (Lipinski definition) is 0. The van der Waals surface area contributed by atoms with Gasteiger partial charge in [0, 0.05) is 38.2 Å². The van der Waals surface area contributed by atoms with E-state index in [4.69, 9.17) is 9.47 Å². The summed E-state index contributed by atoms with van der Waals surface area (Å²) in [6.07, 6.45) is 2.61. The fourth-order valence-electron chi connectivity index (χ4n) is 3.44. The van der Waals surface area contributed by atoms with Crippen molar-refractivity contribution < 1.29 is 14.4 Å². The van der Waals surface area contributed by atoms with E-state index >= 15 is 0 Å². The van der Waals surface area contributed by atoms with E-state index in [2.05, 4.69) is 6.07 Å². The fourth-order valence-corrected chi connectivity index (χ4v) is 3.44. The molecule has 6 nitrogen and oxygen atoms in total. The molecular weight excluding hydrogens is 368 g/mol. The molecule has 0 saturated heterocycles. The average molecular weight is 392 g/mol. The average Bonchev–Trinajstić information content (AvgIpc) is 2.72. The number of nitro benzene ring substituents is 1. The lowest BCUT2D eigenvalue weighted by Gasteiger charge is -2.16. The minimum atomic E-state index is -0.418. The molecule has 0 N–H and O–H groups in total. The molecule has 0 aliphatic carbocycles. The van der Waals surface area contributed by atoms with Gasteiger partial charge in [-0.3, -0.25) is 10.1 Å². The highest BCUT2D eigenvalue weighted by atomic mass is 16.6. The Morgan fingerprint density at radius 2 is 1.66 bits per heavy atom. The standard InChI is InChI=1S/C23H24N2O4/c1-24(2)15-18(16-9-12-23(29-4)21(14-16)25(26)27)13-17-10-11-22(28-3)20-8-6-5-7-19(17)20/h5-12,14-15H,13H2,1-4H3/b18-15+. The van der Waals surface area contributed by atoms with E-state index in [9.17, 15) is 10.1 Å². The Morgan fingerprint density at radius 1 is 1.00 bits per heavy atom. The van der Waals surface area contributed by atoms with Crippen LogP contribution in [0.3, 0.4) is 0 Å². The molecule has 0 aromatic heterocycles. The molecule has 0 spiro atoms. The van der Waals surface area contributed by atoms with Crippen molar-refractivity contribution >= 4 is 22.0 Å². The van der Waals surface area contributed by atoms with Crippen LogP contribution in [0.5, 0.6) is 11.5 Å². The number of fused-ring (bicyclic) bond motifs is 1. The van der Waals surface area contributed by atoms with Crippen LogP contribution in [-0.4, -0.2) is 38.1 Å². The third kappa shape index (κ3) is 4.32. The number of nitrogens with zero attached hydrogens (tertiary/aromatic N) is 2. The van der Waals surface area contributed by atoms with Crippen molar-refractivity contribution in [2.75, 3.05) is 28.3 Å². The number of hydrogen-bond acceptors (Lipinski definition) is 5. The minimum absolute atomic E-state index is 0.0470. The van der Waals surface area contributed by atoms with Gasteiger partial charge in [0.1, 0.15) is 5.75 Å². The zero-order valence-electron chi connectivity index (χ0n) is 17.0. The van der Waals surface area contributed by atoms with E-state index in [1.54, 1.807) is 19.2 Å². The number of ether oxygens (including phenoxy) is 2. The topological polar surface area (TPSA) is 64.8 Å². The zero-order chi connectivity index (χ0) is 21.0. The Hall–Kier alpha value is -3.54. The van der Waals surface area contributed by atoms with Gasteiger partial charge in [-0.1, -0.05) is 36.4 Å². The minimum Gasteiger partial charge on any atom is -0.496 e. The highest BCUT2D eigenvalue weighted by Crippen LogP contribution is 2.34. The lowest BCUT2D eigenvalue weighted by Crippen LogP contribution is -2.05. The van der Waals surface area contributed by atoms with Gasteiger partial charge in [-0.25, -0.2) is 0 Å². The predicted molar refractivity (Wildman–Crippen MR) is 116 cm³/mol. The smallest absolute Gasteiger partial charge is 0.311 e. The van der Waals surface area contributed by atoms with Crippen LogP contribution in [0.25, 0.3) is 16.3 Å². The summed E-state index contributed by atoms with van der Waals surface area (Å²) in [5, 5.41) is 13.6. The second-order valence-electron chi connectivity index (χ2n) is 6.91. The molecule has 0 heterocycles. The van der Waals surface area contributed by atoms with Crippen molar-refractivity contribution in [3.63, 3.8) is 0 Å². The molecule has 0 amide bonds. The van der Waals surface area contributed by atoms with Crippen LogP contribution >= 0.6 is 0 Å². The van der Waals surface area contributed by atoms with Crippen LogP contribution in [0.4, 0.5) is 5.69 Å². The van der Waals surface area contributed by atoms with Gasteiger partial charge >= 0.3 is 5.69 Å². The molecule has 0 bridgehead atoms. The molecule has 3 rings (SSSR count). The summed E-state index contributed by atoms with van der Waals surface area (Å²) in [5.41, 5.74) is 2.82. The first-order valence-corrected chi connectivity index (χ1v) is 9.19. The van der Waals surface area contributed by atoms with Crippen molar-refractivity contribution in [2.24, 2.45) is 0 Å². The van der Waals surface area contributed by atoms with E-state index in [-0.39, 0.29) is 11.4 Å². The monoisotopic (exact) mass is 392 g/mol. The molecular formula is C23H24N2O4. The number of nitro groups is 1. The normalized spacial score (nSPS) is 11.4. The van der Waals surface area contributed by atoms with Crippen LogP contribution < -0.4 is 9.47 Å². The van der Waals surface area contributed by atoms with Gasteiger partial charge in [0.2, 0.25) is 0 Å². The first-order chi connectivity index (χ1) is 13.9. The highest BCUT2D eigenvalue weighted by molar-refractivity contribution is 5.92. The zero-order valence-corrected chi connectivity index (χ0v) is 17.0. The number of rotatable bonds is 7. The van der Waals surface area contributed by atoms with Crippen molar-refractivity contribution in [2.45, 2.75) is 6.42 Å². The van der Waals surface area contributed by atoms with Gasteiger partial charge < -0.3 is 14.4 Å². The van der Waals surface area contributed by atoms with Crippen molar-refractivity contribution in [3.05, 3.63) is 82.0 Å². The first-order valence-electron chi connectivity index (χ1n) is 9.19. The molecule has 0 atom stereocenters. The Bertz CT molecular complexity index is 1070. The van der Waals surface area contributed by atoms with Crippen LogP contribution in [0.15, 0.2) is 60.8 Å². The molecule has 0 aliphatic rings. The van der Waals surface area contributed by atoms with Crippen LogP contribution in [-0.2, 0) is 6.42 Å². The van der Waals surface area contributed by atoms with Crippen molar-refractivity contribution in [3.8, 4) is 11.5 Å². The Morgan fingerprint density at radius 3 is 2.28 bits per heavy atom. The van der Waals surface area contributed by atoms with Gasteiger partial charge in [-0.2, -0.15) is 0 Å². The van der Waals surface area contributed by atoms with E-state index in [0.717, 1.165) is 33.2 Å².